The molecule has 0 fully saturated rings. The maximum atomic E-state index is 13.6. The summed E-state index contributed by atoms with van der Waals surface area (Å²) in [7, 11) is 1.45. The van der Waals surface area contributed by atoms with Crippen LogP contribution >= 0.6 is 27.5 Å². The first kappa shape index (κ1) is 17.6. The topological polar surface area (TPSA) is 47.6 Å². The third kappa shape index (κ3) is 4.14. The van der Waals surface area contributed by atoms with Gasteiger partial charge in [-0.05, 0) is 47.1 Å². The average molecular weight is 403 g/mol. The summed E-state index contributed by atoms with van der Waals surface area (Å²) < 4.78 is 24.6. The van der Waals surface area contributed by atoms with Crippen LogP contribution in [0.4, 0.5) is 10.1 Å². The summed E-state index contributed by atoms with van der Waals surface area (Å²) in [4.78, 5) is 12.5. The summed E-state index contributed by atoms with van der Waals surface area (Å²) in [6.07, 6.45) is 0. The van der Waals surface area contributed by atoms with Crippen LogP contribution in [0.15, 0.2) is 34.8 Å². The molecule has 1 N–H and O–H groups in total. The smallest absolute Gasteiger partial charge is 0.259 e. The fourth-order valence-electron chi connectivity index (χ4n) is 1.99. The largest absolute Gasteiger partial charge is 0.496 e. The summed E-state index contributed by atoms with van der Waals surface area (Å²) >= 11 is 9.15. The molecule has 23 heavy (non-hydrogen) atoms. The Bertz CT molecular complexity index is 740. The van der Waals surface area contributed by atoms with Crippen molar-refractivity contribution in [3.63, 3.8) is 0 Å². The fourth-order valence-corrected chi connectivity index (χ4v) is 2.71. The predicted molar refractivity (Wildman–Crippen MR) is 91.2 cm³/mol. The second-order valence-electron chi connectivity index (χ2n) is 4.50. The zero-order valence-corrected chi connectivity index (χ0v) is 14.8. The van der Waals surface area contributed by atoms with Gasteiger partial charge in [0.05, 0.1) is 29.4 Å². The van der Waals surface area contributed by atoms with Crippen molar-refractivity contribution in [1.29, 1.82) is 0 Å². The van der Waals surface area contributed by atoms with Gasteiger partial charge in [0.2, 0.25) is 0 Å². The molecule has 7 heteroatoms. The number of benzene rings is 2. The number of methoxy groups -OCH3 is 1. The molecule has 0 saturated carbocycles. The van der Waals surface area contributed by atoms with Gasteiger partial charge < -0.3 is 14.8 Å². The van der Waals surface area contributed by atoms with Gasteiger partial charge in [-0.3, -0.25) is 4.79 Å². The number of nitrogens with one attached hydrogen (secondary N) is 1. The summed E-state index contributed by atoms with van der Waals surface area (Å²) in [5, 5.41) is 3.01. The average Bonchev–Trinajstić information content (AvgIpc) is 2.50. The Kier molecular flexibility index (Phi) is 5.85. The van der Waals surface area contributed by atoms with E-state index in [4.69, 9.17) is 21.1 Å². The Hall–Kier alpha value is -1.79. The van der Waals surface area contributed by atoms with Crippen molar-refractivity contribution in [2.75, 3.05) is 19.0 Å². The highest BCUT2D eigenvalue weighted by atomic mass is 79.9. The van der Waals surface area contributed by atoms with E-state index in [1.54, 1.807) is 19.1 Å². The summed E-state index contributed by atoms with van der Waals surface area (Å²) in [5.41, 5.74) is 0.452. The molecule has 4 nitrogen and oxygen atoms in total. The summed E-state index contributed by atoms with van der Waals surface area (Å²) in [6.45, 7) is 2.16. The molecule has 0 aliphatic heterocycles. The van der Waals surface area contributed by atoms with E-state index in [0.717, 1.165) is 0 Å². The van der Waals surface area contributed by atoms with Gasteiger partial charge in [-0.15, -0.1) is 0 Å². The quantitative estimate of drug-likeness (QED) is 0.774. The predicted octanol–water partition coefficient (Wildman–Crippen LogP) is 4.90. The number of hydrogen-bond acceptors (Lipinski definition) is 3. The van der Waals surface area contributed by atoms with Gasteiger partial charge in [0.25, 0.3) is 5.91 Å². The van der Waals surface area contributed by atoms with Crippen LogP contribution in [0.3, 0.4) is 0 Å². The molecule has 0 saturated heterocycles. The lowest BCUT2D eigenvalue weighted by atomic mass is 10.1. The SMILES string of the molecule is CCOc1c(Br)cc(F)cc1NC(=O)c1cc(Cl)ccc1OC. The second kappa shape index (κ2) is 7.66. The van der Waals surface area contributed by atoms with Gasteiger partial charge in [-0.25, -0.2) is 4.39 Å². The zero-order valence-electron chi connectivity index (χ0n) is 12.5. The first-order chi connectivity index (χ1) is 11.0. The Morgan fingerprint density at radius 3 is 2.74 bits per heavy atom. The molecule has 2 aromatic carbocycles. The lowest BCUT2D eigenvalue weighted by Crippen LogP contribution is -2.14. The van der Waals surface area contributed by atoms with Gasteiger partial charge in [0.15, 0.2) is 5.75 Å². The number of amides is 1. The molecule has 0 spiro atoms. The highest BCUT2D eigenvalue weighted by molar-refractivity contribution is 9.10. The Balaban J connectivity index is 2.39. The van der Waals surface area contributed by atoms with Crippen molar-refractivity contribution in [2.24, 2.45) is 0 Å². The number of carbonyl (C=O) groups is 1. The molecule has 0 heterocycles. The van der Waals surface area contributed by atoms with E-state index in [2.05, 4.69) is 21.2 Å². The van der Waals surface area contributed by atoms with Crippen LogP contribution in [0.25, 0.3) is 0 Å². The monoisotopic (exact) mass is 401 g/mol. The molecule has 0 aromatic heterocycles. The maximum Gasteiger partial charge on any atom is 0.259 e. The molecule has 1 amide bonds. The molecule has 0 aliphatic carbocycles. The molecule has 122 valence electrons. The maximum absolute atomic E-state index is 13.6. The lowest BCUT2D eigenvalue weighted by Gasteiger charge is -2.14. The second-order valence-corrected chi connectivity index (χ2v) is 5.79. The van der Waals surface area contributed by atoms with Crippen molar-refractivity contribution in [2.45, 2.75) is 6.92 Å². The Morgan fingerprint density at radius 1 is 1.35 bits per heavy atom. The highest BCUT2D eigenvalue weighted by Crippen LogP contribution is 2.35. The van der Waals surface area contributed by atoms with Gasteiger partial charge in [0.1, 0.15) is 11.6 Å². The number of carbonyl (C=O) groups excluding carboxylic acids is 1. The molecule has 0 atom stereocenters. The van der Waals surface area contributed by atoms with Crippen molar-refractivity contribution in [3.05, 3.63) is 51.2 Å². The van der Waals surface area contributed by atoms with Crippen LogP contribution < -0.4 is 14.8 Å². The number of rotatable bonds is 5. The van der Waals surface area contributed by atoms with E-state index in [-0.39, 0.29) is 11.3 Å². The Labute approximate surface area is 146 Å². The molecular weight excluding hydrogens is 389 g/mol. The normalized spacial score (nSPS) is 10.3. The van der Waals surface area contributed by atoms with Gasteiger partial charge in [-0.2, -0.15) is 0 Å². The number of hydrogen-bond donors (Lipinski definition) is 1. The van der Waals surface area contributed by atoms with E-state index in [0.29, 0.717) is 27.6 Å². The summed E-state index contributed by atoms with van der Waals surface area (Å²) in [6, 6.07) is 7.12. The van der Waals surface area contributed by atoms with Gasteiger partial charge in [0, 0.05) is 11.1 Å². The van der Waals surface area contributed by atoms with Crippen molar-refractivity contribution in [3.8, 4) is 11.5 Å². The van der Waals surface area contributed by atoms with Crippen LogP contribution in [0, 0.1) is 5.82 Å². The lowest BCUT2D eigenvalue weighted by molar-refractivity contribution is 0.102. The van der Waals surface area contributed by atoms with Crippen LogP contribution in [-0.4, -0.2) is 19.6 Å². The number of anilines is 1. The van der Waals surface area contributed by atoms with Crippen molar-refractivity contribution in [1.82, 2.24) is 0 Å². The fraction of sp³-hybridized carbons (Fsp3) is 0.188. The van der Waals surface area contributed by atoms with E-state index in [9.17, 15) is 9.18 Å². The van der Waals surface area contributed by atoms with Crippen LogP contribution in [0.1, 0.15) is 17.3 Å². The molecule has 0 radical (unpaired) electrons. The highest BCUT2D eigenvalue weighted by Gasteiger charge is 2.17. The molecular formula is C16H14BrClFNO3. The number of ether oxygens (including phenoxy) is 2. The van der Waals surface area contributed by atoms with Crippen molar-refractivity contribution < 1.29 is 18.7 Å². The first-order valence-electron chi connectivity index (χ1n) is 6.73. The molecule has 0 unspecified atom stereocenters. The van der Waals surface area contributed by atoms with E-state index in [1.807, 2.05) is 0 Å². The molecule has 2 aromatic rings. The van der Waals surface area contributed by atoms with Crippen LogP contribution in [0.2, 0.25) is 5.02 Å². The Morgan fingerprint density at radius 2 is 2.09 bits per heavy atom. The van der Waals surface area contributed by atoms with Crippen LogP contribution in [-0.2, 0) is 0 Å². The molecule has 2 rings (SSSR count). The van der Waals surface area contributed by atoms with Gasteiger partial charge in [-0.1, -0.05) is 11.6 Å². The van der Waals surface area contributed by atoms with Gasteiger partial charge >= 0.3 is 0 Å². The standard InChI is InChI=1S/C16H14BrClFNO3/c1-3-23-15-12(17)7-10(19)8-13(15)20-16(21)11-6-9(18)4-5-14(11)22-2/h4-8H,3H2,1-2H3,(H,20,21). The van der Waals surface area contributed by atoms with E-state index >= 15 is 0 Å². The minimum atomic E-state index is -0.506. The van der Waals surface area contributed by atoms with Crippen molar-refractivity contribution >= 4 is 39.1 Å². The third-order valence-corrected chi connectivity index (χ3v) is 3.78. The summed E-state index contributed by atoms with van der Waals surface area (Å²) in [5.74, 6) is -0.278. The molecule has 0 bridgehead atoms. The minimum Gasteiger partial charge on any atom is -0.496 e. The minimum absolute atomic E-state index is 0.214. The molecule has 0 aliphatic rings. The van der Waals surface area contributed by atoms with E-state index in [1.165, 1.54) is 25.3 Å². The third-order valence-electron chi connectivity index (χ3n) is 2.95. The zero-order chi connectivity index (χ0) is 17.0. The first-order valence-corrected chi connectivity index (χ1v) is 7.90. The van der Waals surface area contributed by atoms with E-state index < -0.39 is 11.7 Å². The van der Waals surface area contributed by atoms with Crippen LogP contribution in [0.5, 0.6) is 11.5 Å². The number of halogens is 3.